The van der Waals surface area contributed by atoms with Gasteiger partial charge in [0.15, 0.2) is 11.5 Å². The molecule has 0 saturated heterocycles. The van der Waals surface area contributed by atoms with Crippen molar-refractivity contribution in [2.45, 2.75) is 45.6 Å². The van der Waals surface area contributed by atoms with Crippen molar-refractivity contribution in [2.75, 3.05) is 20.8 Å². The van der Waals surface area contributed by atoms with Crippen LogP contribution in [0, 0.1) is 0 Å². The lowest BCUT2D eigenvalue weighted by atomic mass is 10.1. The smallest absolute Gasteiger partial charge is 0.160 e. The van der Waals surface area contributed by atoms with Crippen LogP contribution in [-0.4, -0.2) is 26.3 Å². The second-order valence-electron chi connectivity index (χ2n) is 5.82. The fourth-order valence-electron chi connectivity index (χ4n) is 1.95. The molecule has 0 radical (unpaired) electrons. The molecular weight excluding hydrogens is 238 g/mol. The molecule has 0 amide bonds. The Labute approximate surface area is 117 Å². The minimum Gasteiger partial charge on any atom is -0.493 e. The van der Waals surface area contributed by atoms with Gasteiger partial charge in [0.25, 0.3) is 0 Å². The lowest BCUT2D eigenvalue weighted by molar-refractivity contribution is 0.354. The summed E-state index contributed by atoms with van der Waals surface area (Å²) in [4.78, 5) is 0. The topological polar surface area (TPSA) is 30.5 Å². The molecule has 0 bridgehead atoms. The van der Waals surface area contributed by atoms with Crippen LogP contribution in [0.15, 0.2) is 18.2 Å². The number of unbranched alkanes of at least 4 members (excludes halogenated alkanes) is 1. The number of aryl methyl sites for hydroxylation is 1. The van der Waals surface area contributed by atoms with E-state index >= 15 is 0 Å². The Morgan fingerprint density at radius 3 is 2.26 bits per heavy atom. The maximum Gasteiger partial charge on any atom is 0.160 e. The van der Waals surface area contributed by atoms with E-state index in [1.54, 1.807) is 14.2 Å². The summed E-state index contributed by atoms with van der Waals surface area (Å²) in [6, 6.07) is 6.15. The van der Waals surface area contributed by atoms with Gasteiger partial charge in [-0.3, -0.25) is 0 Å². The van der Waals surface area contributed by atoms with E-state index in [1.165, 1.54) is 18.4 Å². The van der Waals surface area contributed by atoms with E-state index in [-0.39, 0.29) is 5.54 Å². The Hall–Kier alpha value is -1.22. The standard InChI is InChI=1S/C16H27NO2/c1-16(2,3)17-11-7-6-8-13-9-10-14(18-4)15(12-13)19-5/h9-10,12,17H,6-8,11H2,1-5H3. The van der Waals surface area contributed by atoms with Crippen molar-refractivity contribution in [1.29, 1.82) is 0 Å². The Kier molecular flexibility index (Phi) is 6.16. The Bertz CT molecular complexity index is 383. The molecule has 0 aliphatic rings. The summed E-state index contributed by atoms with van der Waals surface area (Å²) in [5.41, 5.74) is 1.51. The van der Waals surface area contributed by atoms with Gasteiger partial charge in [-0.1, -0.05) is 6.07 Å². The predicted octanol–water partition coefficient (Wildman–Crippen LogP) is 3.41. The molecule has 108 valence electrons. The molecule has 0 saturated carbocycles. The first kappa shape index (κ1) is 15.8. The zero-order valence-corrected chi connectivity index (χ0v) is 12.9. The summed E-state index contributed by atoms with van der Waals surface area (Å²) in [7, 11) is 3.34. The van der Waals surface area contributed by atoms with Crippen molar-refractivity contribution >= 4 is 0 Å². The number of nitrogens with one attached hydrogen (secondary N) is 1. The van der Waals surface area contributed by atoms with Crippen LogP contribution in [0.25, 0.3) is 0 Å². The lowest BCUT2D eigenvalue weighted by Gasteiger charge is -2.20. The van der Waals surface area contributed by atoms with E-state index in [9.17, 15) is 0 Å². The summed E-state index contributed by atoms with van der Waals surface area (Å²) in [5, 5.41) is 3.50. The summed E-state index contributed by atoms with van der Waals surface area (Å²) >= 11 is 0. The van der Waals surface area contributed by atoms with Crippen LogP contribution in [-0.2, 0) is 6.42 Å². The van der Waals surface area contributed by atoms with Gasteiger partial charge in [-0.05, 0) is 64.3 Å². The van der Waals surface area contributed by atoms with Crippen LogP contribution in [0.3, 0.4) is 0 Å². The highest BCUT2D eigenvalue weighted by molar-refractivity contribution is 5.42. The average molecular weight is 265 g/mol. The quantitative estimate of drug-likeness (QED) is 0.766. The largest absolute Gasteiger partial charge is 0.493 e. The second-order valence-corrected chi connectivity index (χ2v) is 5.82. The van der Waals surface area contributed by atoms with Crippen molar-refractivity contribution in [1.82, 2.24) is 5.32 Å². The first-order valence-corrected chi connectivity index (χ1v) is 6.92. The van der Waals surface area contributed by atoms with Gasteiger partial charge in [-0.15, -0.1) is 0 Å². The van der Waals surface area contributed by atoms with Gasteiger partial charge in [-0.25, -0.2) is 0 Å². The van der Waals surface area contributed by atoms with Crippen molar-refractivity contribution in [3.8, 4) is 11.5 Å². The summed E-state index contributed by atoms with van der Waals surface area (Å²) in [5.74, 6) is 1.61. The molecule has 0 aliphatic heterocycles. The monoisotopic (exact) mass is 265 g/mol. The molecule has 0 fully saturated rings. The average Bonchev–Trinajstić information content (AvgIpc) is 2.36. The van der Waals surface area contributed by atoms with E-state index in [0.29, 0.717) is 0 Å². The molecule has 0 atom stereocenters. The van der Waals surface area contributed by atoms with Gasteiger partial charge in [0, 0.05) is 5.54 Å². The first-order valence-electron chi connectivity index (χ1n) is 6.92. The van der Waals surface area contributed by atoms with Gasteiger partial charge in [0.05, 0.1) is 14.2 Å². The van der Waals surface area contributed by atoms with Crippen molar-refractivity contribution in [3.05, 3.63) is 23.8 Å². The Balaban J connectivity index is 2.37. The third-order valence-corrected chi connectivity index (χ3v) is 3.00. The van der Waals surface area contributed by atoms with Crippen molar-refractivity contribution in [3.63, 3.8) is 0 Å². The highest BCUT2D eigenvalue weighted by atomic mass is 16.5. The molecular formula is C16H27NO2. The van der Waals surface area contributed by atoms with E-state index in [2.05, 4.69) is 38.2 Å². The molecule has 0 heterocycles. The zero-order valence-electron chi connectivity index (χ0n) is 12.9. The number of methoxy groups -OCH3 is 2. The normalized spacial score (nSPS) is 11.4. The van der Waals surface area contributed by atoms with Crippen LogP contribution in [0.5, 0.6) is 11.5 Å². The van der Waals surface area contributed by atoms with Gasteiger partial charge >= 0.3 is 0 Å². The Morgan fingerprint density at radius 1 is 1.00 bits per heavy atom. The van der Waals surface area contributed by atoms with E-state index in [0.717, 1.165) is 24.5 Å². The first-order chi connectivity index (χ1) is 8.96. The highest BCUT2D eigenvalue weighted by Gasteiger charge is 2.07. The number of hydrogen-bond acceptors (Lipinski definition) is 3. The summed E-state index contributed by atoms with van der Waals surface area (Å²) in [6.45, 7) is 7.65. The second kappa shape index (κ2) is 7.39. The van der Waals surface area contributed by atoms with Crippen LogP contribution in [0.1, 0.15) is 39.2 Å². The number of rotatable bonds is 7. The van der Waals surface area contributed by atoms with Crippen LogP contribution in [0.2, 0.25) is 0 Å². The van der Waals surface area contributed by atoms with E-state index in [1.807, 2.05) is 6.07 Å². The molecule has 0 aromatic heterocycles. The lowest BCUT2D eigenvalue weighted by Crippen LogP contribution is -2.36. The summed E-state index contributed by atoms with van der Waals surface area (Å²) in [6.07, 6.45) is 3.44. The van der Waals surface area contributed by atoms with Crippen molar-refractivity contribution < 1.29 is 9.47 Å². The minimum absolute atomic E-state index is 0.212. The minimum atomic E-state index is 0.212. The fourth-order valence-corrected chi connectivity index (χ4v) is 1.95. The molecule has 3 heteroatoms. The fraction of sp³-hybridized carbons (Fsp3) is 0.625. The van der Waals surface area contributed by atoms with Gasteiger partial charge in [0.2, 0.25) is 0 Å². The zero-order chi connectivity index (χ0) is 14.3. The molecule has 3 nitrogen and oxygen atoms in total. The van der Waals surface area contributed by atoms with Crippen molar-refractivity contribution in [2.24, 2.45) is 0 Å². The van der Waals surface area contributed by atoms with Crippen LogP contribution < -0.4 is 14.8 Å². The molecule has 19 heavy (non-hydrogen) atoms. The SMILES string of the molecule is COc1ccc(CCCCNC(C)(C)C)cc1OC. The molecule has 0 aliphatic carbocycles. The molecule has 1 rings (SSSR count). The Morgan fingerprint density at radius 2 is 1.68 bits per heavy atom. The van der Waals surface area contributed by atoms with E-state index < -0.39 is 0 Å². The third kappa shape index (κ3) is 5.97. The number of hydrogen-bond donors (Lipinski definition) is 1. The summed E-state index contributed by atoms with van der Waals surface area (Å²) < 4.78 is 10.5. The number of ether oxygens (including phenoxy) is 2. The van der Waals surface area contributed by atoms with E-state index in [4.69, 9.17) is 9.47 Å². The van der Waals surface area contributed by atoms with Crippen LogP contribution >= 0.6 is 0 Å². The maximum absolute atomic E-state index is 5.31. The molecule has 1 aromatic carbocycles. The number of benzene rings is 1. The van der Waals surface area contributed by atoms with Gasteiger partial charge < -0.3 is 14.8 Å². The molecule has 0 unspecified atom stereocenters. The third-order valence-electron chi connectivity index (χ3n) is 3.00. The molecule has 1 N–H and O–H groups in total. The van der Waals surface area contributed by atoms with Gasteiger partial charge in [0.1, 0.15) is 0 Å². The maximum atomic E-state index is 5.31. The predicted molar refractivity (Wildman–Crippen MR) is 80.2 cm³/mol. The molecule has 1 aromatic rings. The highest BCUT2D eigenvalue weighted by Crippen LogP contribution is 2.28. The van der Waals surface area contributed by atoms with Gasteiger partial charge in [-0.2, -0.15) is 0 Å². The van der Waals surface area contributed by atoms with Crippen LogP contribution in [0.4, 0.5) is 0 Å². The molecule has 0 spiro atoms.